The largest absolute Gasteiger partial charge is 0.452 e. The molecule has 36 heavy (non-hydrogen) atoms. The highest BCUT2D eigenvalue weighted by Crippen LogP contribution is 2.23. The third-order valence-corrected chi connectivity index (χ3v) is 6.16. The number of hydrogen-bond acceptors (Lipinski definition) is 5. The van der Waals surface area contributed by atoms with Gasteiger partial charge in [-0.1, -0.05) is 29.8 Å². The molecule has 2 aromatic carbocycles. The predicted molar refractivity (Wildman–Crippen MR) is 139 cm³/mol. The van der Waals surface area contributed by atoms with Gasteiger partial charge >= 0.3 is 5.97 Å². The number of ether oxygens (including phenoxy) is 1. The Morgan fingerprint density at radius 2 is 1.78 bits per heavy atom. The minimum atomic E-state index is -0.613. The fourth-order valence-corrected chi connectivity index (χ4v) is 4.15. The molecule has 0 bridgehead atoms. The quantitative estimate of drug-likeness (QED) is 0.381. The monoisotopic (exact) mass is 486 g/mol. The van der Waals surface area contributed by atoms with Crippen LogP contribution in [0.4, 0.5) is 11.4 Å². The molecule has 0 atom stereocenters. The molecule has 1 N–H and O–H groups in total. The third kappa shape index (κ3) is 6.07. The highest BCUT2D eigenvalue weighted by molar-refractivity contribution is 5.97. The average Bonchev–Trinajstić information content (AvgIpc) is 3.40. The van der Waals surface area contributed by atoms with E-state index in [1.54, 1.807) is 35.2 Å². The van der Waals surface area contributed by atoms with Crippen LogP contribution in [0.5, 0.6) is 0 Å². The minimum absolute atomic E-state index is 0.107. The lowest BCUT2D eigenvalue weighted by Gasteiger charge is -2.16. The number of carbonyl (C=O) groups is 3. The molecule has 0 unspecified atom stereocenters. The molecule has 0 spiro atoms. The fraction of sp³-hybridized carbons (Fsp3) is 0.286. The lowest BCUT2D eigenvalue weighted by atomic mass is 10.1. The van der Waals surface area contributed by atoms with Crippen molar-refractivity contribution in [2.75, 3.05) is 23.4 Å². The Balaban J connectivity index is 1.28. The lowest BCUT2D eigenvalue weighted by Crippen LogP contribution is -2.23. The number of nitrogens with one attached hydrogen (secondary N) is 1. The second kappa shape index (κ2) is 11.0. The summed E-state index contributed by atoms with van der Waals surface area (Å²) in [6, 6.07) is 15.3. The number of nitrogens with zero attached hydrogens (tertiary/aromatic N) is 3. The summed E-state index contributed by atoms with van der Waals surface area (Å²) in [5, 5.41) is 7.28. The average molecular weight is 487 g/mol. The van der Waals surface area contributed by atoms with Crippen molar-refractivity contribution in [3.05, 3.63) is 82.7 Å². The molecule has 4 rings (SSSR count). The Labute approximate surface area is 210 Å². The zero-order valence-corrected chi connectivity index (χ0v) is 20.8. The maximum absolute atomic E-state index is 12.2. The number of amides is 2. The molecule has 186 valence electrons. The molecule has 0 saturated carbocycles. The summed E-state index contributed by atoms with van der Waals surface area (Å²) >= 11 is 0. The molecule has 1 saturated heterocycles. The van der Waals surface area contributed by atoms with Gasteiger partial charge in [0, 0.05) is 41.7 Å². The normalized spacial score (nSPS) is 13.4. The van der Waals surface area contributed by atoms with Crippen molar-refractivity contribution >= 4 is 35.2 Å². The van der Waals surface area contributed by atoms with E-state index in [1.807, 2.05) is 18.5 Å². The zero-order valence-electron chi connectivity index (χ0n) is 20.8. The smallest absolute Gasteiger partial charge is 0.331 e. The molecule has 1 aliphatic heterocycles. The fourth-order valence-electron chi connectivity index (χ4n) is 4.15. The van der Waals surface area contributed by atoms with Gasteiger partial charge < -0.3 is 15.0 Å². The summed E-state index contributed by atoms with van der Waals surface area (Å²) in [4.78, 5) is 38.0. The molecule has 1 fully saturated rings. The summed E-state index contributed by atoms with van der Waals surface area (Å²) in [7, 11) is 0. The maximum atomic E-state index is 12.2. The first-order valence-electron chi connectivity index (χ1n) is 11.9. The standard InChI is InChI=1S/C28H30N4O4/c1-19-6-8-22(9-7-19)17-32-21(3)25(20(2)30-32)14-15-28(35)36-18-26(33)29-23-10-12-24(13-11-23)31-16-4-5-27(31)34/h6-15H,4-5,16-18H2,1-3H3,(H,29,33)/b15-14+. The van der Waals surface area contributed by atoms with Gasteiger partial charge in [0.05, 0.1) is 12.2 Å². The van der Waals surface area contributed by atoms with E-state index >= 15 is 0 Å². The van der Waals surface area contributed by atoms with E-state index in [0.717, 1.165) is 34.6 Å². The van der Waals surface area contributed by atoms with Crippen molar-refractivity contribution in [1.29, 1.82) is 0 Å². The number of esters is 1. The van der Waals surface area contributed by atoms with Crippen LogP contribution >= 0.6 is 0 Å². The Hall–Kier alpha value is -4.20. The van der Waals surface area contributed by atoms with Crippen LogP contribution in [-0.2, 0) is 25.7 Å². The van der Waals surface area contributed by atoms with Crippen molar-refractivity contribution in [2.45, 2.75) is 40.2 Å². The summed E-state index contributed by atoms with van der Waals surface area (Å²) < 4.78 is 7.00. The van der Waals surface area contributed by atoms with Crippen molar-refractivity contribution < 1.29 is 19.1 Å². The molecular weight excluding hydrogens is 456 g/mol. The van der Waals surface area contributed by atoms with Crippen molar-refractivity contribution in [2.24, 2.45) is 0 Å². The molecular formula is C28H30N4O4. The van der Waals surface area contributed by atoms with E-state index in [0.29, 0.717) is 25.2 Å². The van der Waals surface area contributed by atoms with Gasteiger partial charge in [-0.3, -0.25) is 14.3 Å². The van der Waals surface area contributed by atoms with Crippen LogP contribution < -0.4 is 10.2 Å². The molecule has 1 aromatic heterocycles. The van der Waals surface area contributed by atoms with Gasteiger partial charge in [0.2, 0.25) is 5.91 Å². The Morgan fingerprint density at radius 3 is 2.44 bits per heavy atom. The zero-order chi connectivity index (χ0) is 25.7. The van der Waals surface area contributed by atoms with E-state index in [9.17, 15) is 14.4 Å². The van der Waals surface area contributed by atoms with E-state index < -0.39 is 18.5 Å². The Morgan fingerprint density at radius 1 is 1.06 bits per heavy atom. The predicted octanol–water partition coefficient (Wildman–Crippen LogP) is 4.18. The molecule has 2 amide bonds. The first-order chi connectivity index (χ1) is 17.3. The van der Waals surface area contributed by atoms with Crippen molar-refractivity contribution in [3.63, 3.8) is 0 Å². The summed E-state index contributed by atoms with van der Waals surface area (Å²) in [6.07, 6.45) is 4.39. The van der Waals surface area contributed by atoms with Crippen LogP contribution in [-0.4, -0.2) is 40.7 Å². The van der Waals surface area contributed by atoms with Crippen LogP contribution in [0.2, 0.25) is 0 Å². The first kappa shape index (κ1) is 24.9. The summed E-state index contributed by atoms with van der Waals surface area (Å²) in [5.41, 5.74) is 6.31. The molecule has 0 aliphatic carbocycles. The van der Waals surface area contributed by atoms with Gasteiger partial charge in [-0.2, -0.15) is 5.10 Å². The summed E-state index contributed by atoms with van der Waals surface area (Å²) in [5.74, 6) is -0.950. The number of aromatic nitrogens is 2. The van der Waals surface area contributed by atoms with Crippen molar-refractivity contribution in [3.8, 4) is 0 Å². The van der Waals surface area contributed by atoms with E-state index in [4.69, 9.17) is 4.74 Å². The van der Waals surface area contributed by atoms with Gasteiger partial charge in [0.15, 0.2) is 6.61 Å². The second-order valence-electron chi connectivity index (χ2n) is 8.91. The van der Waals surface area contributed by atoms with Gasteiger partial charge in [-0.05, 0) is 63.1 Å². The number of benzene rings is 2. The number of anilines is 2. The SMILES string of the molecule is Cc1ccc(Cn2nc(C)c(/C=C/C(=O)OCC(=O)Nc3ccc(N4CCCC4=O)cc3)c2C)cc1. The van der Waals surface area contributed by atoms with Gasteiger partial charge in [-0.25, -0.2) is 4.79 Å². The van der Waals surface area contributed by atoms with Gasteiger partial charge in [0.25, 0.3) is 5.91 Å². The van der Waals surface area contributed by atoms with Crippen LogP contribution in [0.3, 0.4) is 0 Å². The number of carbonyl (C=O) groups excluding carboxylic acids is 3. The molecule has 0 radical (unpaired) electrons. The van der Waals surface area contributed by atoms with Crippen LogP contribution in [0.25, 0.3) is 6.08 Å². The van der Waals surface area contributed by atoms with Crippen LogP contribution in [0.1, 0.15) is 40.9 Å². The number of aryl methyl sites for hydroxylation is 2. The molecule has 3 aromatic rings. The molecule has 8 nitrogen and oxygen atoms in total. The Kier molecular flexibility index (Phi) is 7.63. The topological polar surface area (TPSA) is 93.5 Å². The molecule has 8 heteroatoms. The molecule has 2 heterocycles. The van der Waals surface area contributed by atoms with Crippen LogP contribution in [0.15, 0.2) is 54.6 Å². The summed E-state index contributed by atoms with van der Waals surface area (Å²) in [6.45, 7) is 6.84. The Bertz CT molecular complexity index is 1290. The highest BCUT2D eigenvalue weighted by atomic mass is 16.5. The third-order valence-electron chi connectivity index (χ3n) is 6.16. The highest BCUT2D eigenvalue weighted by Gasteiger charge is 2.21. The first-order valence-corrected chi connectivity index (χ1v) is 11.9. The van der Waals surface area contributed by atoms with Gasteiger partial charge in [-0.15, -0.1) is 0 Å². The van der Waals surface area contributed by atoms with E-state index in [1.165, 1.54) is 11.6 Å². The van der Waals surface area contributed by atoms with E-state index in [2.05, 4.69) is 41.6 Å². The molecule has 1 aliphatic rings. The van der Waals surface area contributed by atoms with Crippen LogP contribution in [0, 0.1) is 20.8 Å². The number of rotatable bonds is 8. The minimum Gasteiger partial charge on any atom is -0.452 e. The number of hydrogen-bond donors (Lipinski definition) is 1. The van der Waals surface area contributed by atoms with Crippen molar-refractivity contribution in [1.82, 2.24) is 9.78 Å². The maximum Gasteiger partial charge on any atom is 0.331 e. The van der Waals surface area contributed by atoms with Gasteiger partial charge in [0.1, 0.15) is 0 Å². The second-order valence-corrected chi connectivity index (χ2v) is 8.91. The van der Waals surface area contributed by atoms with E-state index in [-0.39, 0.29) is 5.91 Å². The lowest BCUT2D eigenvalue weighted by molar-refractivity contribution is -0.142.